The standard InChI is InChI=1S/C12H16BrN3O2/c1-8-5-9(13)10(15-6-8)16-4-2-3-12(18,7-16)11(14)17/h5-6,18H,2-4,7H2,1H3,(H2,14,17). The number of carbonyl (C=O) groups is 1. The van der Waals surface area contributed by atoms with Gasteiger partial charge in [0.05, 0.1) is 11.0 Å². The van der Waals surface area contributed by atoms with Gasteiger partial charge in [0.1, 0.15) is 5.82 Å². The number of anilines is 1. The number of primary amides is 1. The molecule has 5 nitrogen and oxygen atoms in total. The van der Waals surface area contributed by atoms with Gasteiger partial charge in [-0.15, -0.1) is 0 Å². The molecule has 1 amide bonds. The largest absolute Gasteiger partial charge is 0.378 e. The molecule has 1 unspecified atom stereocenters. The third-order valence-electron chi connectivity index (χ3n) is 3.19. The molecule has 98 valence electrons. The molecule has 0 aliphatic carbocycles. The van der Waals surface area contributed by atoms with Crippen LogP contribution in [0.25, 0.3) is 0 Å². The molecule has 1 aliphatic rings. The van der Waals surface area contributed by atoms with E-state index in [9.17, 15) is 9.90 Å². The lowest BCUT2D eigenvalue weighted by atomic mass is 9.92. The van der Waals surface area contributed by atoms with Crippen molar-refractivity contribution in [1.29, 1.82) is 0 Å². The maximum absolute atomic E-state index is 11.3. The van der Waals surface area contributed by atoms with Crippen LogP contribution >= 0.6 is 15.9 Å². The maximum Gasteiger partial charge on any atom is 0.251 e. The Morgan fingerprint density at radius 1 is 1.67 bits per heavy atom. The van der Waals surface area contributed by atoms with Crippen LogP contribution in [0.5, 0.6) is 0 Å². The van der Waals surface area contributed by atoms with Crippen molar-refractivity contribution in [2.45, 2.75) is 25.4 Å². The number of pyridine rings is 1. The Hall–Kier alpha value is -1.14. The highest BCUT2D eigenvalue weighted by Crippen LogP contribution is 2.30. The van der Waals surface area contributed by atoms with Gasteiger partial charge in [-0.1, -0.05) is 0 Å². The molecule has 0 saturated carbocycles. The first-order valence-electron chi connectivity index (χ1n) is 5.82. The fourth-order valence-electron chi connectivity index (χ4n) is 2.18. The highest BCUT2D eigenvalue weighted by Gasteiger charge is 2.39. The average Bonchev–Trinajstić information content (AvgIpc) is 2.28. The molecule has 6 heteroatoms. The van der Waals surface area contributed by atoms with Gasteiger partial charge in [-0.2, -0.15) is 0 Å². The number of hydrogen-bond donors (Lipinski definition) is 2. The van der Waals surface area contributed by atoms with Gasteiger partial charge in [0, 0.05) is 12.7 Å². The van der Waals surface area contributed by atoms with Crippen LogP contribution in [-0.4, -0.2) is 34.7 Å². The second-order valence-electron chi connectivity index (χ2n) is 4.74. The molecule has 1 aliphatic heterocycles. The van der Waals surface area contributed by atoms with E-state index in [0.29, 0.717) is 12.8 Å². The van der Waals surface area contributed by atoms with E-state index >= 15 is 0 Å². The van der Waals surface area contributed by atoms with Crippen LogP contribution in [0.4, 0.5) is 5.82 Å². The zero-order valence-corrected chi connectivity index (χ0v) is 11.8. The number of β-amino-alcohol motifs (C(OH)–C–C–N with tert-alkyl or cyclic N) is 1. The van der Waals surface area contributed by atoms with Gasteiger partial charge in [-0.05, 0) is 47.3 Å². The highest BCUT2D eigenvalue weighted by molar-refractivity contribution is 9.10. The van der Waals surface area contributed by atoms with Crippen LogP contribution in [0.2, 0.25) is 0 Å². The monoisotopic (exact) mass is 313 g/mol. The Balaban J connectivity index is 2.26. The molecule has 1 fully saturated rings. The van der Waals surface area contributed by atoms with Gasteiger partial charge in [-0.25, -0.2) is 4.98 Å². The quantitative estimate of drug-likeness (QED) is 0.852. The van der Waals surface area contributed by atoms with Crippen LogP contribution in [-0.2, 0) is 4.79 Å². The second kappa shape index (κ2) is 4.85. The molecule has 18 heavy (non-hydrogen) atoms. The fraction of sp³-hybridized carbons (Fsp3) is 0.500. The molecule has 1 aromatic heterocycles. The number of piperidine rings is 1. The summed E-state index contributed by atoms with van der Waals surface area (Å²) < 4.78 is 0.858. The molecule has 1 saturated heterocycles. The van der Waals surface area contributed by atoms with Crippen LogP contribution in [0.15, 0.2) is 16.7 Å². The lowest BCUT2D eigenvalue weighted by molar-refractivity contribution is -0.137. The molecule has 1 aromatic rings. The van der Waals surface area contributed by atoms with Crippen molar-refractivity contribution in [1.82, 2.24) is 4.98 Å². The van der Waals surface area contributed by atoms with E-state index in [-0.39, 0.29) is 6.54 Å². The SMILES string of the molecule is Cc1cnc(N2CCCC(O)(C(N)=O)C2)c(Br)c1. The van der Waals surface area contributed by atoms with Crippen molar-refractivity contribution >= 4 is 27.7 Å². The van der Waals surface area contributed by atoms with E-state index in [0.717, 1.165) is 22.4 Å². The van der Waals surface area contributed by atoms with E-state index < -0.39 is 11.5 Å². The topological polar surface area (TPSA) is 79.4 Å². The third-order valence-corrected chi connectivity index (χ3v) is 3.77. The Morgan fingerprint density at radius 3 is 3.00 bits per heavy atom. The minimum atomic E-state index is -1.45. The van der Waals surface area contributed by atoms with Crippen molar-refractivity contribution in [3.05, 3.63) is 22.3 Å². The van der Waals surface area contributed by atoms with E-state index in [4.69, 9.17) is 5.73 Å². The molecular weight excluding hydrogens is 298 g/mol. The lowest BCUT2D eigenvalue weighted by Crippen LogP contribution is -2.56. The number of nitrogens with two attached hydrogens (primary N) is 1. The van der Waals surface area contributed by atoms with Crippen molar-refractivity contribution in [2.75, 3.05) is 18.0 Å². The Kier molecular flexibility index (Phi) is 3.59. The highest BCUT2D eigenvalue weighted by atomic mass is 79.9. The van der Waals surface area contributed by atoms with Gasteiger partial charge < -0.3 is 15.7 Å². The van der Waals surface area contributed by atoms with Gasteiger partial charge in [-0.3, -0.25) is 4.79 Å². The van der Waals surface area contributed by atoms with Gasteiger partial charge >= 0.3 is 0 Å². The van der Waals surface area contributed by atoms with Crippen LogP contribution in [0, 0.1) is 6.92 Å². The number of rotatable bonds is 2. The van der Waals surface area contributed by atoms with Gasteiger partial charge in [0.15, 0.2) is 5.60 Å². The number of aryl methyl sites for hydroxylation is 1. The molecule has 3 N–H and O–H groups in total. The van der Waals surface area contributed by atoms with Crippen LogP contribution < -0.4 is 10.6 Å². The number of aromatic nitrogens is 1. The zero-order valence-electron chi connectivity index (χ0n) is 10.2. The van der Waals surface area contributed by atoms with Crippen molar-refractivity contribution < 1.29 is 9.90 Å². The first kappa shape index (κ1) is 13.3. The number of hydrogen-bond acceptors (Lipinski definition) is 4. The van der Waals surface area contributed by atoms with E-state index in [1.54, 1.807) is 6.20 Å². The van der Waals surface area contributed by atoms with E-state index in [2.05, 4.69) is 20.9 Å². The van der Waals surface area contributed by atoms with Gasteiger partial charge in [0.2, 0.25) is 0 Å². The zero-order chi connectivity index (χ0) is 13.3. The van der Waals surface area contributed by atoms with E-state index in [1.807, 2.05) is 17.9 Å². The van der Waals surface area contributed by atoms with Gasteiger partial charge in [0.25, 0.3) is 5.91 Å². The Bertz CT molecular complexity index is 480. The molecule has 0 spiro atoms. The van der Waals surface area contributed by atoms with Crippen molar-refractivity contribution in [3.8, 4) is 0 Å². The normalized spacial score (nSPS) is 24.1. The molecule has 0 radical (unpaired) electrons. The minimum Gasteiger partial charge on any atom is -0.378 e. The molecule has 2 rings (SSSR count). The molecule has 1 atom stereocenters. The first-order chi connectivity index (χ1) is 8.42. The number of amides is 1. The second-order valence-corrected chi connectivity index (χ2v) is 5.59. The van der Waals surface area contributed by atoms with Crippen LogP contribution in [0.3, 0.4) is 0 Å². The van der Waals surface area contributed by atoms with Crippen molar-refractivity contribution in [3.63, 3.8) is 0 Å². The summed E-state index contributed by atoms with van der Waals surface area (Å²) >= 11 is 3.46. The summed E-state index contributed by atoms with van der Waals surface area (Å²) in [5.41, 5.74) is 4.85. The van der Waals surface area contributed by atoms with Crippen LogP contribution in [0.1, 0.15) is 18.4 Å². The summed E-state index contributed by atoms with van der Waals surface area (Å²) in [6.45, 7) is 2.90. The predicted octanol–water partition coefficient (Wildman–Crippen LogP) is 0.969. The van der Waals surface area contributed by atoms with Crippen molar-refractivity contribution in [2.24, 2.45) is 5.73 Å². The number of carbonyl (C=O) groups excluding carboxylic acids is 1. The summed E-state index contributed by atoms with van der Waals surface area (Å²) in [5, 5.41) is 10.2. The van der Waals surface area contributed by atoms with E-state index in [1.165, 1.54) is 0 Å². The summed E-state index contributed by atoms with van der Waals surface area (Å²) in [6, 6.07) is 1.96. The first-order valence-corrected chi connectivity index (χ1v) is 6.61. The third kappa shape index (κ3) is 2.49. The predicted molar refractivity (Wildman–Crippen MR) is 72.3 cm³/mol. The fourth-order valence-corrected chi connectivity index (χ4v) is 2.89. The minimum absolute atomic E-state index is 0.191. The lowest BCUT2D eigenvalue weighted by Gasteiger charge is -2.38. The number of nitrogens with zero attached hydrogens (tertiary/aromatic N) is 2. The number of aliphatic hydroxyl groups is 1. The average molecular weight is 314 g/mol. The molecule has 0 aromatic carbocycles. The summed E-state index contributed by atoms with van der Waals surface area (Å²) in [6.07, 6.45) is 2.88. The summed E-state index contributed by atoms with van der Waals surface area (Å²) in [4.78, 5) is 17.5. The molecular formula is C12H16BrN3O2. The number of halogens is 1. The Morgan fingerprint density at radius 2 is 2.39 bits per heavy atom. The maximum atomic E-state index is 11.3. The molecule has 0 bridgehead atoms. The Labute approximate surface area is 114 Å². The summed E-state index contributed by atoms with van der Waals surface area (Å²) in [5.74, 6) is 0.0652. The molecule has 2 heterocycles. The smallest absolute Gasteiger partial charge is 0.251 e. The summed E-state index contributed by atoms with van der Waals surface area (Å²) in [7, 11) is 0.